The second kappa shape index (κ2) is 8.29. The van der Waals surface area contributed by atoms with Crippen LogP contribution in [0, 0.1) is 18.2 Å². The molecule has 1 unspecified atom stereocenters. The Labute approximate surface area is 117 Å². The molecule has 1 rings (SSSR count). The van der Waals surface area contributed by atoms with Crippen LogP contribution in [0.15, 0.2) is 22.7 Å². The van der Waals surface area contributed by atoms with E-state index < -0.39 is 0 Å². The van der Waals surface area contributed by atoms with Crippen molar-refractivity contribution in [3.63, 3.8) is 0 Å². The summed E-state index contributed by atoms with van der Waals surface area (Å²) in [4.78, 5) is 0. The molecule has 0 heterocycles. The summed E-state index contributed by atoms with van der Waals surface area (Å²) in [5.41, 5.74) is 0.987. The Kier molecular flexibility index (Phi) is 7.00. The maximum absolute atomic E-state index is 13.5. The lowest BCUT2D eigenvalue weighted by Gasteiger charge is -2.19. The summed E-state index contributed by atoms with van der Waals surface area (Å²) in [7, 11) is 0. The van der Waals surface area contributed by atoms with Gasteiger partial charge in [0.2, 0.25) is 0 Å². The molecular weight excluding hydrogens is 293 g/mol. The van der Waals surface area contributed by atoms with Crippen LogP contribution < -0.4 is 5.32 Å². The van der Waals surface area contributed by atoms with Gasteiger partial charge in [0, 0.05) is 12.5 Å². The number of unbranched alkanes of at least 4 members (excludes halogenated alkanes) is 1. The number of benzene rings is 1. The number of hydrogen-bond acceptors (Lipinski definition) is 1. The Morgan fingerprint density at radius 3 is 2.89 bits per heavy atom. The number of rotatable bonds is 7. The Hall–Kier alpha value is -0.850. The van der Waals surface area contributed by atoms with Crippen LogP contribution >= 0.6 is 15.9 Å². The minimum Gasteiger partial charge on any atom is -0.310 e. The third-order valence-corrected chi connectivity index (χ3v) is 3.44. The average molecular weight is 312 g/mol. The maximum atomic E-state index is 13.5. The van der Waals surface area contributed by atoms with Crippen molar-refractivity contribution in [3.8, 4) is 12.3 Å². The van der Waals surface area contributed by atoms with Gasteiger partial charge in [-0.25, -0.2) is 4.39 Å². The molecule has 1 aromatic carbocycles. The molecule has 0 aromatic heterocycles. The number of nitrogens with one attached hydrogen (secondary N) is 1. The van der Waals surface area contributed by atoms with Gasteiger partial charge in [0.05, 0.1) is 4.47 Å². The van der Waals surface area contributed by atoms with Gasteiger partial charge in [0.1, 0.15) is 5.82 Å². The molecule has 0 saturated heterocycles. The molecule has 3 heteroatoms. The standard InChI is InChI=1S/C15H19BrFN/c1-3-5-6-7-15(18-10-4-2)12-8-9-13(16)14(17)11-12/h1,8-9,11,15,18H,4-7,10H2,2H3. The Balaban J connectivity index is 2.73. The van der Waals surface area contributed by atoms with Crippen LogP contribution in [0.3, 0.4) is 0 Å². The van der Waals surface area contributed by atoms with Crippen molar-refractivity contribution in [1.29, 1.82) is 0 Å². The molecular formula is C15H19BrFN. The molecule has 0 aliphatic carbocycles. The fourth-order valence-electron chi connectivity index (χ4n) is 1.84. The predicted molar refractivity (Wildman–Crippen MR) is 77.8 cm³/mol. The van der Waals surface area contributed by atoms with Crippen molar-refractivity contribution >= 4 is 15.9 Å². The van der Waals surface area contributed by atoms with Crippen molar-refractivity contribution in [1.82, 2.24) is 5.32 Å². The lowest BCUT2D eigenvalue weighted by atomic mass is 10.0. The molecule has 0 bridgehead atoms. The fraction of sp³-hybridized carbons (Fsp3) is 0.467. The SMILES string of the molecule is C#CCCCC(NCCC)c1ccc(Br)c(F)c1. The van der Waals surface area contributed by atoms with Gasteiger partial charge in [0.25, 0.3) is 0 Å². The van der Waals surface area contributed by atoms with E-state index in [9.17, 15) is 4.39 Å². The van der Waals surface area contributed by atoms with E-state index in [1.807, 2.05) is 6.07 Å². The zero-order chi connectivity index (χ0) is 13.4. The van der Waals surface area contributed by atoms with E-state index in [2.05, 4.69) is 34.1 Å². The topological polar surface area (TPSA) is 12.0 Å². The van der Waals surface area contributed by atoms with E-state index in [4.69, 9.17) is 6.42 Å². The summed E-state index contributed by atoms with van der Waals surface area (Å²) < 4.78 is 14.0. The maximum Gasteiger partial charge on any atom is 0.137 e. The van der Waals surface area contributed by atoms with Gasteiger partial charge in [-0.15, -0.1) is 12.3 Å². The predicted octanol–water partition coefficient (Wildman–Crippen LogP) is 4.43. The highest BCUT2D eigenvalue weighted by Gasteiger charge is 2.12. The molecule has 1 aromatic rings. The van der Waals surface area contributed by atoms with Crippen LogP contribution in [0.2, 0.25) is 0 Å². The van der Waals surface area contributed by atoms with Gasteiger partial charge in [-0.2, -0.15) is 0 Å². The van der Waals surface area contributed by atoms with Crippen LogP contribution in [0.4, 0.5) is 4.39 Å². The molecule has 0 spiro atoms. The van der Waals surface area contributed by atoms with Crippen LogP contribution in [0.25, 0.3) is 0 Å². The van der Waals surface area contributed by atoms with Crippen LogP contribution in [0.1, 0.15) is 44.2 Å². The first-order valence-electron chi connectivity index (χ1n) is 6.30. The zero-order valence-corrected chi connectivity index (χ0v) is 12.3. The Bertz CT molecular complexity index is 411. The van der Waals surface area contributed by atoms with Crippen molar-refractivity contribution in [2.45, 2.75) is 38.6 Å². The van der Waals surface area contributed by atoms with Crippen LogP contribution in [0.5, 0.6) is 0 Å². The van der Waals surface area contributed by atoms with Crippen LogP contribution in [-0.4, -0.2) is 6.54 Å². The normalized spacial score (nSPS) is 12.1. The van der Waals surface area contributed by atoms with Gasteiger partial charge >= 0.3 is 0 Å². The Morgan fingerprint density at radius 1 is 1.50 bits per heavy atom. The Morgan fingerprint density at radius 2 is 2.28 bits per heavy atom. The first-order valence-corrected chi connectivity index (χ1v) is 7.10. The smallest absolute Gasteiger partial charge is 0.137 e. The van der Waals surface area contributed by atoms with Gasteiger partial charge < -0.3 is 5.32 Å². The van der Waals surface area contributed by atoms with E-state index >= 15 is 0 Å². The molecule has 0 aliphatic rings. The van der Waals surface area contributed by atoms with Gasteiger partial charge in [-0.05, 0) is 59.4 Å². The average Bonchev–Trinajstić information content (AvgIpc) is 2.37. The third-order valence-electron chi connectivity index (χ3n) is 2.80. The summed E-state index contributed by atoms with van der Waals surface area (Å²) in [5.74, 6) is 2.43. The monoisotopic (exact) mass is 311 g/mol. The molecule has 0 amide bonds. The second-order valence-corrected chi connectivity index (χ2v) is 5.13. The minimum atomic E-state index is -0.215. The van der Waals surface area contributed by atoms with Crippen molar-refractivity contribution in [2.24, 2.45) is 0 Å². The number of halogens is 2. The summed E-state index contributed by atoms with van der Waals surface area (Å²) in [6.45, 7) is 3.05. The summed E-state index contributed by atoms with van der Waals surface area (Å²) >= 11 is 3.17. The van der Waals surface area contributed by atoms with Crippen molar-refractivity contribution in [3.05, 3.63) is 34.1 Å². The second-order valence-electron chi connectivity index (χ2n) is 4.28. The summed E-state index contributed by atoms with van der Waals surface area (Å²) in [6, 6.07) is 5.48. The van der Waals surface area contributed by atoms with E-state index in [0.29, 0.717) is 4.47 Å². The third kappa shape index (κ3) is 4.80. The van der Waals surface area contributed by atoms with Gasteiger partial charge in [-0.3, -0.25) is 0 Å². The number of terminal acetylenes is 1. The van der Waals surface area contributed by atoms with Crippen molar-refractivity contribution in [2.75, 3.05) is 6.54 Å². The lowest BCUT2D eigenvalue weighted by molar-refractivity contribution is 0.484. The highest BCUT2D eigenvalue weighted by atomic mass is 79.9. The highest BCUT2D eigenvalue weighted by Crippen LogP contribution is 2.24. The van der Waals surface area contributed by atoms with E-state index in [0.717, 1.165) is 37.8 Å². The molecule has 0 aliphatic heterocycles. The van der Waals surface area contributed by atoms with Gasteiger partial charge in [0.15, 0.2) is 0 Å². The quantitative estimate of drug-likeness (QED) is 0.580. The molecule has 18 heavy (non-hydrogen) atoms. The lowest BCUT2D eigenvalue weighted by Crippen LogP contribution is -2.22. The molecule has 98 valence electrons. The molecule has 1 atom stereocenters. The number of hydrogen-bond donors (Lipinski definition) is 1. The molecule has 1 nitrogen and oxygen atoms in total. The van der Waals surface area contributed by atoms with E-state index in [-0.39, 0.29) is 11.9 Å². The van der Waals surface area contributed by atoms with E-state index in [1.54, 1.807) is 12.1 Å². The van der Waals surface area contributed by atoms with Gasteiger partial charge in [-0.1, -0.05) is 13.0 Å². The van der Waals surface area contributed by atoms with Crippen molar-refractivity contribution < 1.29 is 4.39 Å². The summed E-state index contributed by atoms with van der Waals surface area (Å²) in [5, 5.41) is 3.44. The largest absolute Gasteiger partial charge is 0.310 e. The molecule has 0 fully saturated rings. The zero-order valence-electron chi connectivity index (χ0n) is 10.7. The first-order chi connectivity index (χ1) is 8.69. The van der Waals surface area contributed by atoms with Crippen LogP contribution in [-0.2, 0) is 0 Å². The molecule has 0 radical (unpaired) electrons. The highest BCUT2D eigenvalue weighted by molar-refractivity contribution is 9.10. The summed E-state index contributed by atoms with van der Waals surface area (Å²) in [6.07, 6.45) is 8.98. The first kappa shape index (κ1) is 15.2. The minimum absolute atomic E-state index is 0.181. The molecule has 1 N–H and O–H groups in total. The molecule has 0 saturated carbocycles. The van der Waals surface area contributed by atoms with E-state index in [1.165, 1.54) is 0 Å². The fourth-order valence-corrected chi connectivity index (χ4v) is 2.09.